The zero-order valence-corrected chi connectivity index (χ0v) is 4.86. The van der Waals surface area contributed by atoms with E-state index in [1.807, 2.05) is 0 Å². The van der Waals surface area contributed by atoms with Crippen LogP contribution in [0, 0.1) is 5.41 Å². The largest absolute Gasteiger partial charge is 0.506 e. The Hall–Kier alpha value is -1.05. The number of aliphatic hydroxyl groups excluding tert-OH is 1. The van der Waals surface area contributed by atoms with Crippen LogP contribution in [0.25, 0.3) is 0 Å². The minimum Gasteiger partial charge on any atom is -0.506 e. The number of rotatable bonds is 2. The van der Waals surface area contributed by atoms with E-state index in [1.54, 1.807) is 6.92 Å². The molecule has 0 heterocycles. The summed E-state index contributed by atoms with van der Waals surface area (Å²) < 4.78 is 0. The predicted octanol–water partition coefficient (Wildman–Crippen LogP) is 1.65. The molecule has 0 unspecified atom stereocenters. The van der Waals surface area contributed by atoms with E-state index in [-0.39, 0.29) is 11.5 Å². The number of hydrogen-bond acceptors (Lipinski definition) is 2. The van der Waals surface area contributed by atoms with E-state index in [0.717, 1.165) is 0 Å². The molecule has 2 heteroatoms. The second kappa shape index (κ2) is 2.31. The van der Waals surface area contributed by atoms with Crippen LogP contribution in [-0.4, -0.2) is 10.8 Å². The van der Waals surface area contributed by atoms with Gasteiger partial charge in [0, 0.05) is 0 Å². The molecule has 0 aliphatic rings. The molecule has 0 spiro atoms. The Bertz CT molecular complexity index is 131. The lowest BCUT2D eigenvalue weighted by atomic mass is 10.2. The Morgan fingerprint density at radius 3 is 1.88 bits per heavy atom. The monoisotopic (exact) mass is 111 g/mol. The highest BCUT2D eigenvalue weighted by Crippen LogP contribution is 1.96. The first-order chi connectivity index (χ1) is 3.55. The molecule has 44 valence electrons. The topological polar surface area (TPSA) is 44.1 Å². The second-order valence-corrected chi connectivity index (χ2v) is 1.60. The number of aliphatic hydroxyl groups is 1. The summed E-state index contributed by atoms with van der Waals surface area (Å²) in [6.07, 6.45) is 0. The van der Waals surface area contributed by atoms with Crippen molar-refractivity contribution in [1.29, 1.82) is 5.41 Å². The summed E-state index contributed by atoms with van der Waals surface area (Å²) >= 11 is 0. The van der Waals surface area contributed by atoms with Crippen molar-refractivity contribution in [2.75, 3.05) is 0 Å². The SMILES string of the molecule is C=C(C)C(=N)C(=C)O. The quantitative estimate of drug-likeness (QED) is 0.413. The van der Waals surface area contributed by atoms with Gasteiger partial charge in [-0.3, -0.25) is 5.41 Å². The van der Waals surface area contributed by atoms with Crippen molar-refractivity contribution in [3.8, 4) is 0 Å². The van der Waals surface area contributed by atoms with Gasteiger partial charge in [0.25, 0.3) is 0 Å². The van der Waals surface area contributed by atoms with Gasteiger partial charge in [-0.25, -0.2) is 0 Å². The Kier molecular flexibility index (Phi) is 2.00. The number of hydrogen-bond donors (Lipinski definition) is 2. The third-order valence-electron chi connectivity index (χ3n) is 0.715. The average Bonchev–Trinajstić information content (AvgIpc) is 1.64. The minimum absolute atomic E-state index is 0.0185. The Morgan fingerprint density at radius 2 is 1.88 bits per heavy atom. The smallest absolute Gasteiger partial charge is 0.133 e. The second-order valence-electron chi connectivity index (χ2n) is 1.60. The fourth-order valence-electron chi connectivity index (χ4n) is 0.246. The summed E-state index contributed by atoms with van der Waals surface area (Å²) in [5.74, 6) is -0.225. The first-order valence-corrected chi connectivity index (χ1v) is 2.18. The maximum absolute atomic E-state index is 8.51. The standard InChI is InChI=1S/C6H9NO/c1-4(2)6(7)5(3)8/h7-8H,1,3H2,2H3. The van der Waals surface area contributed by atoms with Crippen LogP contribution in [0.1, 0.15) is 6.92 Å². The summed E-state index contributed by atoms with van der Waals surface area (Å²) in [7, 11) is 0. The van der Waals surface area contributed by atoms with Crippen LogP contribution in [0.3, 0.4) is 0 Å². The van der Waals surface area contributed by atoms with Crippen molar-refractivity contribution in [3.63, 3.8) is 0 Å². The molecule has 8 heavy (non-hydrogen) atoms. The molecule has 0 radical (unpaired) electrons. The van der Waals surface area contributed by atoms with Gasteiger partial charge in [0.2, 0.25) is 0 Å². The third-order valence-corrected chi connectivity index (χ3v) is 0.715. The van der Waals surface area contributed by atoms with Crippen molar-refractivity contribution in [3.05, 3.63) is 24.5 Å². The Labute approximate surface area is 48.7 Å². The van der Waals surface area contributed by atoms with Gasteiger partial charge in [0.15, 0.2) is 0 Å². The molecule has 0 amide bonds. The van der Waals surface area contributed by atoms with E-state index in [2.05, 4.69) is 13.2 Å². The summed E-state index contributed by atoms with van der Waals surface area (Å²) in [6.45, 7) is 8.22. The van der Waals surface area contributed by atoms with E-state index < -0.39 is 0 Å². The van der Waals surface area contributed by atoms with Crippen molar-refractivity contribution in [2.24, 2.45) is 0 Å². The zero-order valence-electron chi connectivity index (χ0n) is 4.86. The van der Waals surface area contributed by atoms with E-state index in [1.165, 1.54) is 0 Å². The minimum atomic E-state index is -0.225. The predicted molar refractivity (Wildman–Crippen MR) is 34.3 cm³/mol. The van der Waals surface area contributed by atoms with Crippen LogP contribution in [0.15, 0.2) is 24.5 Å². The molecule has 0 aromatic heterocycles. The van der Waals surface area contributed by atoms with E-state index >= 15 is 0 Å². The molecular weight excluding hydrogens is 102 g/mol. The maximum Gasteiger partial charge on any atom is 0.133 e. The van der Waals surface area contributed by atoms with Crippen LogP contribution in [0.4, 0.5) is 0 Å². The van der Waals surface area contributed by atoms with Gasteiger partial charge in [-0.15, -0.1) is 0 Å². The van der Waals surface area contributed by atoms with Crippen LogP contribution < -0.4 is 0 Å². The summed E-state index contributed by atoms with van der Waals surface area (Å²) in [6, 6.07) is 0. The van der Waals surface area contributed by atoms with Gasteiger partial charge in [0.05, 0.1) is 5.71 Å². The Balaban J connectivity index is 4.05. The molecule has 0 fully saturated rings. The first kappa shape index (κ1) is 6.95. The highest BCUT2D eigenvalue weighted by Gasteiger charge is 1.97. The third kappa shape index (κ3) is 1.60. The Morgan fingerprint density at radius 1 is 1.50 bits per heavy atom. The average molecular weight is 111 g/mol. The summed E-state index contributed by atoms with van der Waals surface area (Å²) in [4.78, 5) is 0. The molecular formula is C6H9NO. The van der Waals surface area contributed by atoms with Crippen LogP contribution in [0.2, 0.25) is 0 Å². The van der Waals surface area contributed by atoms with Crippen molar-refractivity contribution < 1.29 is 5.11 Å². The first-order valence-electron chi connectivity index (χ1n) is 2.18. The van der Waals surface area contributed by atoms with E-state index in [4.69, 9.17) is 10.5 Å². The molecule has 2 nitrogen and oxygen atoms in total. The molecule has 0 rings (SSSR count). The molecule has 0 aliphatic heterocycles. The molecule has 0 atom stereocenters. The zero-order chi connectivity index (χ0) is 6.73. The lowest BCUT2D eigenvalue weighted by Gasteiger charge is -1.96. The van der Waals surface area contributed by atoms with Crippen LogP contribution in [-0.2, 0) is 0 Å². The summed E-state index contributed by atoms with van der Waals surface area (Å²) in [5, 5.41) is 15.5. The van der Waals surface area contributed by atoms with Gasteiger partial charge in [0.1, 0.15) is 5.76 Å². The lowest BCUT2D eigenvalue weighted by Crippen LogP contribution is -1.98. The number of nitrogens with one attached hydrogen (secondary N) is 1. The maximum atomic E-state index is 8.51. The molecule has 0 aromatic carbocycles. The van der Waals surface area contributed by atoms with Gasteiger partial charge in [-0.2, -0.15) is 0 Å². The van der Waals surface area contributed by atoms with E-state index in [0.29, 0.717) is 5.57 Å². The molecule has 2 N–H and O–H groups in total. The lowest BCUT2D eigenvalue weighted by molar-refractivity contribution is 0.445. The van der Waals surface area contributed by atoms with Crippen LogP contribution in [0.5, 0.6) is 0 Å². The fourth-order valence-corrected chi connectivity index (χ4v) is 0.246. The molecule has 0 bridgehead atoms. The number of allylic oxidation sites excluding steroid dienone is 1. The van der Waals surface area contributed by atoms with Crippen LogP contribution >= 0.6 is 0 Å². The molecule has 0 aliphatic carbocycles. The van der Waals surface area contributed by atoms with Crippen molar-refractivity contribution in [1.82, 2.24) is 0 Å². The van der Waals surface area contributed by atoms with Gasteiger partial charge >= 0.3 is 0 Å². The van der Waals surface area contributed by atoms with Crippen molar-refractivity contribution >= 4 is 5.71 Å². The highest BCUT2D eigenvalue weighted by atomic mass is 16.3. The highest BCUT2D eigenvalue weighted by molar-refractivity contribution is 6.07. The van der Waals surface area contributed by atoms with Gasteiger partial charge in [-0.05, 0) is 12.5 Å². The van der Waals surface area contributed by atoms with E-state index in [9.17, 15) is 0 Å². The fraction of sp³-hybridized carbons (Fsp3) is 0.167. The van der Waals surface area contributed by atoms with Crippen molar-refractivity contribution in [2.45, 2.75) is 6.92 Å². The summed E-state index contributed by atoms with van der Waals surface area (Å²) in [5.41, 5.74) is 0.544. The molecule has 0 aromatic rings. The molecule has 0 saturated carbocycles. The van der Waals surface area contributed by atoms with Gasteiger partial charge in [-0.1, -0.05) is 13.2 Å². The molecule has 0 saturated heterocycles. The normalized spacial score (nSPS) is 8.12. The van der Waals surface area contributed by atoms with Gasteiger partial charge < -0.3 is 5.11 Å².